The van der Waals surface area contributed by atoms with Gasteiger partial charge in [0.25, 0.3) is 0 Å². The SMILES string of the molecule is CCNCCOCCc1cc(F)c(F)cc1F. The van der Waals surface area contributed by atoms with Gasteiger partial charge < -0.3 is 10.1 Å². The van der Waals surface area contributed by atoms with Gasteiger partial charge in [-0.05, 0) is 24.6 Å². The summed E-state index contributed by atoms with van der Waals surface area (Å²) < 4.78 is 43.9. The van der Waals surface area contributed by atoms with Crippen LogP contribution in [0.5, 0.6) is 0 Å². The molecule has 0 aliphatic heterocycles. The third-order valence-electron chi connectivity index (χ3n) is 2.28. The van der Waals surface area contributed by atoms with Crippen molar-refractivity contribution in [2.75, 3.05) is 26.3 Å². The van der Waals surface area contributed by atoms with Crippen LogP contribution in [-0.2, 0) is 11.2 Å². The molecule has 0 spiro atoms. The molecule has 0 saturated heterocycles. The van der Waals surface area contributed by atoms with Gasteiger partial charge in [-0.25, -0.2) is 13.2 Å². The summed E-state index contributed by atoms with van der Waals surface area (Å²) in [5, 5.41) is 3.07. The smallest absolute Gasteiger partial charge is 0.161 e. The molecule has 2 nitrogen and oxygen atoms in total. The topological polar surface area (TPSA) is 21.3 Å². The van der Waals surface area contributed by atoms with Crippen LogP contribution in [0.1, 0.15) is 12.5 Å². The van der Waals surface area contributed by atoms with E-state index in [1.54, 1.807) is 0 Å². The minimum Gasteiger partial charge on any atom is -0.380 e. The van der Waals surface area contributed by atoms with Crippen molar-refractivity contribution in [3.63, 3.8) is 0 Å². The summed E-state index contributed by atoms with van der Waals surface area (Å²) >= 11 is 0. The van der Waals surface area contributed by atoms with Crippen molar-refractivity contribution in [2.45, 2.75) is 13.3 Å². The van der Waals surface area contributed by atoms with Crippen LogP contribution in [0.25, 0.3) is 0 Å². The molecule has 0 fully saturated rings. The molecular formula is C12H16F3NO. The Balaban J connectivity index is 2.34. The van der Waals surface area contributed by atoms with Gasteiger partial charge >= 0.3 is 0 Å². The van der Waals surface area contributed by atoms with Gasteiger partial charge in [-0.3, -0.25) is 0 Å². The first-order valence-electron chi connectivity index (χ1n) is 5.57. The average Bonchev–Trinajstić information content (AvgIpc) is 2.30. The van der Waals surface area contributed by atoms with Gasteiger partial charge in [0.1, 0.15) is 5.82 Å². The molecule has 0 radical (unpaired) electrons. The number of hydrogen-bond donors (Lipinski definition) is 1. The second-order valence-electron chi connectivity index (χ2n) is 3.57. The zero-order valence-corrected chi connectivity index (χ0v) is 9.73. The van der Waals surface area contributed by atoms with Crippen molar-refractivity contribution >= 4 is 0 Å². The highest BCUT2D eigenvalue weighted by Gasteiger charge is 2.09. The van der Waals surface area contributed by atoms with Crippen LogP contribution in [-0.4, -0.2) is 26.3 Å². The Kier molecular flexibility index (Phi) is 6.00. The summed E-state index contributed by atoms with van der Waals surface area (Å²) in [5.74, 6) is -2.94. The molecule has 0 amide bonds. The number of likely N-dealkylation sites (N-methyl/N-ethyl adjacent to an activating group) is 1. The lowest BCUT2D eigenvalue weighted by Crippen LogP contribution is -2.19. The van der Waals surface area contributed by atoms with E-state index in [0.29, 0.717) is 12.7 Å². The fraction of sp³-hybridized carbons (Fsp3) is 0.500. The van der Waals surface area contributed by atoms with Crippen LogP contribution in [0.3, 0.4) is 0 Å². The maximum atomic E-state index is 13.2. The first-order chi connectivity index (χ1) is 8.15. The molecule has 0 aliphatic rings. The monoisotopic (exact) mass is 247 g/mol. The molecule has 0 saturated carbocycles. The second-order valence-corrected chi connectivity index (χ2v) is 3.57. The molecule has 1 aromatic rings. The lowest BCUT2D eigenvalue weighted by molar-refractivity contribution is 0.138. The Morgan fingerprint density at radius 3 is 2.47 bits per heavy atom. The molecule has 1 aromatic carbocycles. The molecule has 0 aliphatic carbocycles. The third-order valence-corrected chi connectivity index (χ3v) is 2.28. The molecular weight excluding hydrogens is 231 g/mol. The summed E-state index contributed by atoms with van der Waals surface area (Å²) in [6, 6.07) is 1.43. The Morgan fingerprint density at radius 1 is 1.06 bits per heavy atom. The van der Waals surface area contributed by atoms with Crippen molar-refractivity contribution in [3.8, 4) is 0 Å². The van der Waals surface area contributed by atoms with E-state index in [4.69, 9.17) is 4.74 Å². The van der Waals surface area contributed by atoms with Crippen LogP contribution in [0.2, 0.25) is 0 Å². The zero-order chi connectivity index (χ0) is 12.7. The van der Waals surface area contributed by atoms with E-state index in [1.165, 1.54) is 0 Å². The number of rotatable bonds is 7. The van der Waals surface area contributed by atoms with Crippen molar-refractivity contribution in [3.05, 3.63) is 35.1 Å². The number of halogens is 3. The highest BCUT2D eigenvalue weighted by molar-refractivity contribution is 5.20. The number of benzene rings is 1. The highest BCUT2D eigenvalue weighted by Crippen LogP contribution is 2.14. The van der Waals surface area contributed by atoms with Gasteiger partial charge in [-0.2, -0.15) is 0 Å². The van der Waals surface area contributed by atoms with E-state index in [1.807, 2.05) is 6.92 Å². The Morgan fingerprint density at radius 2 is 1.76 bits per heavy atom. The van der Waals surface area contributed by atoms with Crippen LogP contribution >= 0.6 is 0 Å². The predicted molar refractivity (Wildman–Crippen MR) is 59.4 cm³/mol. The van der Waals surface area contributed by atoms with E-state index in [2.05, 4.69) is 5.32 Å². The maximum absolute atomic E-state index is 13.2. The highest BCUT2D eigenvalue weighted by atomic mass is 19.2. The quantitative estimate of drug-likeness (QED) is 0.589. The lowest BCUT2D eigenvalue weighted by atomic mass is 10.1. The third kappa shape index (κ3) is 4.75. The van der Waals surface area contributed by atoms with Crippen molar-refractivity contribution in [2.24, 2.45) is 0 Å². The fourth-order valence-electron chi connectivity index (χ4n) is 1.36. The normalized spacial score (nSPS) is 10.8. The Labute approximate surface area is 98.8 Å². The fourth-order valence-corrected chi connectivity index (χ4v) is 1.36. The number of ether oxygens (including phenoxy) is 1. The molecule has 0 aromatic heterocycles. The van der Waals surface area contributed by atoms with E-state index in [9.17, 15) is 13.2 Å². The molecule has 0 heterocycles. The number of hydrogen-bond acceptors (Lipinski definition) is 2. The van der Waals surface area contributed by atoms with Crippen molar-refractivity contribution in [1.29, 1.82) is 0 Å². The van der Waals surface area contributed by atoms with Gasteiger partial charge in [0.15, 0.2) is 11.6 Å². The molecule has 0 bridgehead atoms. The van der Waals surface area contributed by atoms with Gasteiger partial charge in [0, 0.05) is 12.6 Å². The van der Waals surface area contributed by atoms with E-state index < -0.39 is 17.5 Å². The van der Waals surface area contributed by atoms with Gasteiger partial charge in [-0.15, -0.1) is 0 Å². The number of nitrogens with one attached hydrogen (secondary N) is 1. The first-order valence-corrected chi connectivity index (χ1v) is 5.57. The molecule has 1 rings (SSSR count). The zero-order valence-electron chi connectivity index (χ0n) is 9.73. The van der Waals surface area contributed by atoms with Crippen LogP contribution in [0.15, 0.2) is 12.1 Å². The summed E-state index contributed by atoms with van der Waals surface area (Å²) in [6.07, 6.45) is 0.231. The second kappa shape index (κ2) is 7.29. The first kappa shape index (κ1) is 14.0. The van der Waals surface area contributed by atoms with Crippen LogP contribution in [0.4, 0.5) is 13.2 Å². The van der Waals surface area contributed by atoms with Crippen molar-refractivity contribution < 1.29 is 17.9 Å². The molecule has 17 heavy (non-hydrogen) atoms. The molecule has 5 heteroatoms. The summed E-state index contributed by atoms with van der Waals surface area (Å²) in [4.78, 5) is 0. The minimum absolute atomic E-state index is 0.132. The lowest BCUT2D eigenvalue weighted by Gasteiger charge is -2.06. The molecule has 1 N–H and O–H groups in total. The molecule has 0 unspecified atom stereocenters. The van der Waals surface area contributed by atoms with Gasteiger partial charge in [0.05, 0.1) is 13.2 Å². The van der Waals surface area contributed by atoms with E-state index in [0.717, 1.165) is 19.2 Å². The largest absolute Gasteiger partial charge is 0.380 e. The predicted octanol–water partition coefficient (Wildman–Crippen LogP) is 2.27. The Bertz CT molecular complexity index is 358. The Hall–Kier alpha value is -1.07. The molecule has 0 atom stereocenters. The maximum Gasteiger partial charge on any atom is 0.161 e. The summed E-state index contributed by atoms with van der Waals surface area (Å²) in [6.45, 7) is 4.36. The minimum atomic E-state index is -1.17. The van der Waals surface area contributed by atoms with Crippen LogP contribution < -0.4 is 5.32 Å². The average molecular weight is 247 g/mol. The summed E-state index contributed by atoms with van der Waals surface area (Å²) in [7, 11) is 0. The molecule has 96 valence electrons. The van der Waals surface area contributed by atoms with Crippen LogP contribution in [0, 0.1) is 17.5 Å². The van der Waals surface area contributed by atoms with Gasteiger partial charge in [0.2, 0.25) is 0 Å². The van der Waals surface area contributed by atoms with Gasteiger partial charge in [-0.1, -0.05) is 6.92 Å². The van der Waals surface area contributed by atoms with Crippen molar-refractivity contribution in [1.82, 2.24) is 5.32 Å². The van der Waals surface area contributed by atoms with E-state index in [-0.39, 0.29) is 18.6 Å². The standard InChI is InChI=1S/C12H16F3NO/c1-2-16-4-6-17-5-3-9-7-11(14)12(15)8-10(9)13/h7-8,16H,2-6H2,1H3. The van der Waals surface area contributed by atoms with E-state index >= 15 is 0 Å². The summed E-state index contributed by atoms with van der Waals surface area (Å²) in [5.41, 5.74) is 0.132.